The number of hydrogen-bond donors (Lipinski definition) is 2. The summed E-state index contributed by atoms with van der Waals surface area (Å²) in [4.78, 5) is 11.3. The number of ether oxygens (including phenoxy) is 1. The number of rotatable bonds is 6. The van der Waals surface area contributed by atoms with E-state index in [1.165, 1.54) is 0 Å². The first-order valence-electron chi connectivity index (χ1n) is 10.6. The summed E-state index contributed by atoms with van der Waals surface area (Å²) in [6, 6.07) is 18.5. The van der Waals surface area contributed by atoms with Crippen LogP contribution in [0.5, 0.6) is 0 Å². The van der Waals surface area contributed by atoms with Gasteiger partial charge in [0.05, 0.1) is 18.7 Å². The van der Waals surface area contributed by atoms with Gasteiger partial charge in [-0.3, -0.25) is 4.90 Å². The molecular weight excluding hydrogens is 388 g/mol. The summed E-state index contributed by atoms with van der Waals surface area (Å²) in [6.07, 6.45) is 3.66. The van der Waals surface area contributed by atoms with E-state index in [9.17, 15) is 0 Å². The third-order valence-corrected chi connectivity index (χ3v) is 5.65. The van der Waals surface area contributed by atoms with Crippen LogP contribution in [0.2, 0.25) is 0 Å². The number of nitrogens with zero attached hydrogens (tertiary/aromatic N) is 4. The quantitative estimate of drug-likeness (QED) is 0.471. The summed E-state index contributed by atoms with van der Waals surface area (Å²) in [7, 11) is 0. The number of anilines is 2. The molecule has 1 saturated heterocycles. The molecule has 4 aromatic rings. The number of morpholine rings is 1. The Hall–Kier alpha value is -3.42. The highest BCUT2D eigenvalue weighted by atomic mass is 16.5. The molecule has 158 valence electrons. The van der Waals surface area contributed by atoms with Gasteiger partial charge in [0, 0.05) is 49.5 Å². The molecule has 0 radical (unpaired) electrons. The van der Waals surface area contributed by atoms with Crippen molar-refractivity contribution in [1.29, 1.82) is 0 Å². The minimum Gasteiger partial charge on any atom is -0.399 e. The fraction of sp³-hybridized carbons (Fsp3) is 0.250. The molecule has 31 heavy (non-hydrogen) atoms. The number of hydrogen-bond acceptors (Lipinski definition) is 6. The molecule has 2 aromatic heterocycles. The van der Waals surface area contributed by atoms with Gasteiger partial charge in [-0.05, 0) is 35.4 Å². The van der Waals surface area contributed by atoms with E-state index in [-0.39, 0.29) is 0 Å². The van der Waals surface area contributed by atoms with Crippen molar-refractivity contribution in [2.24, 2.45) is 0 Å². The Kier molecular flexibility index (Phi) is 5.52. The zero-order valence-electron chi connectivity index (χ0n) is 17.4. The number of nitrogen functional groups attached to an aromatic ring is 1. The molecule has 2 aromatic carbocycles. The van der Waals surface area contributed by atoms with Gasteiger partial charge >= 0.3 is 0 Å². The third-order valence-electron chi connectivity index (χ3n) is 5.65. The molecular formula is C24H26N6O. The van der Waals surface area contributed by atoms with Crippen molar-refractivity contribution in [3.05, 3.63) is 67.1 Å². The maximum atomic E-state index is 5.98. The largest absolute Gasteiger partial charge is 0.399 e. The summed E-state index contributed by atoms with van der Waals surface area (Å²) in [5.74, 6) is 1.66. The molecule has 3 heterocycles. The Morgan fingerprint density at radius 2 is 1.84 bits per heavy atom. The van der Waals surface area contributed by atoms with Gasteiger partial charge in [-0.25, -0.2) is 9.97 Å². The van der Waals surface area contributed by atoms with E-state index >= 15 is 0 Å². The average molecular weight is 415 g/mol. The standard InChI is InChI=1S/C24H26N6O/c25-21-3-1-2-19(14-21)20-5-4-18-6-8-30(22(18)15-20)24-16-23(27-17-28-24)26-7-9-29-10-12-31-13-11-29/h1-6,8,14-17H,7,9-13,25H2,(H,26,27,28). The molecule has 0 atom stereocenters. The maximum Gasteiger partial charge on any atom is 0.142 e. The van der Waals surface area contributed by atoms with Crippen LogP contribution in [0.25, 0.3) is 27.8 Å². The van der Waals surface area contributed by atoms with Crippen LogP contribution in [0.1, 0.15) is 0 Å². The Morgan fingerprint density at radius 1 is 0.968 bits per heavy atom. The molecule has 1 aliphatic rings. The van der Waals surface area contributed by atoms with Crippen LogP contribution in [0.15, 0.2) is 67.1 Å². The van der Waals surface area contributed by atoms with Crippen molar-refractivity contribution in [3.8, 4) is 16.9 Å². The van der Waals surface area contributed by atoms with Crippen LogP contribution in [-0.2, 0) is 4.74 Å². The SMILES string of the molecule is Nc1cccc(-c2ccc3ccn(-c4cc(NCCN5CCOCC5)ncn4)c3c2)c1. The topological polar surface area (TPSA) is 81.2 Å². The first-order chi connectivity index (χ1) is 15.3. The molecule has 7 nitrogen and oxygen atoms in total. The van der Waals surface area contributed by atoms with Crippen molar-refractivity contribution in [2.75, 3.05) is 50.4 Å². The van der Waals surface area contributed by atoms with Gasteiger partial charge in [0.1, 0.15) is 18.0 Å². The summed E-state index contributed by atoms with van der Waals surface area (Å²) < 4.78 is 7.50. The van der Waals surface area contributed by atoms with Gasteiger partial charge in [0.2, 0.25) is 0 Å². The lowest BCUT2D eigenvalue weighted by Gasteiger charge is -2.26. The van der Waals surface area contributed by atoms with E-state index in [1.54, 1.807) is 6.33 Å². The number of nitrogens with one attached hydrogen (secondary N) is 1. The van der Waals surface area contributed by atoms with Gasteiger partial charge in [-0.1, -0.05) is 24.3 Å². The summed E-state index contributed by atoms with van der Waals surface area (Å²) >= 11 is 0. The lowest BCUT2D eigenvalue weighted by molar-refractivity contribution is 0.0398. The average Bonchev–Trinajstić information content (AvgIpc) is 3.23. The van der Waals surface area contributed by atoms with Gasteiger partial charge in [-0.2, -0.15) is 0 Å². The van der Waals surface area contributed by atoms with Crippen molar-refractivity contribution >= 4 is 22.4 Å². The predicted octanol–water partition coefficient (Wildman–Crippen LogP) is 3.41. The van der Waals surface area contributed by atoms with Gasteiger partial charge in [-0.15, -0.1) is 0 Å². The zero-order chi connectivity index (χ0) is 21.0. The fourth-order valence-electron chi connectivity index (χ4n) is 3.97. The second-order valence-electron chi connectivity index (χ2n) is 7.73. The maximum absolute atomic E-state index is 5.98. The van der Waals surface area contributed by atoms with E-state index in [0.29, 0.717) is 0 Å². The summed E-state index contributed by atoms with van der Waals surface area (Å²) in [5, 5.41) is 4.59. The Labute approximate surface area is 181 Å². The normalized spacial score (nSPS) is 14.7. The Balaban J connectivity index is 1.37. The van der Waals surface area contributed by atoms with Crippen LogP contribution in [0, 0.1) is 0 Å². The number of aromatic nitrogens is 3. The molecule has 0 spiro atoms. The molecule has 0 saturated carbocycles. The summed E-state index contributed by atoms with van der Waals surface area (Å²) in [6.45, 7) is 5.41. The van der Waals surface area contributed by atoms with Gasteiger partial charge < -0.3 is 20.4 Å². The number of fused-ring (bicyclic) bond motifs is 1. The van der Waals surface area contributed by atoms with E-state index in [0.717, 1.165) is 78.7 Å². The molecule has 0 bridgehead atoms. The van der Waals surface area contributed by atoms with E-state index < -0.39 is 0 Å². The molecule has 1 aliphatic heterocycles. The second-order valence-corrected chi connectivity index (χ2v) is 7.73. The van der Waals surface area contributed by atoms with Crippen molar-refractivity contribution in [3.63, 3.8) is 0 Å². The first kappa shape index (κ1) is 19.5. The van der Waals surface area contributed by atoms with Crippen LogP contribution >= 0.6 is 0 Å². The zero-order valence-corrected chi connectivity index (χ0v) is 17.4. The van der Waals surface area contributed by atoms with Crippen molar-refractivity contribution in [1.82, 2.24) is 19.4 Å². The summed E-state index contributed by atoms with van der Waals surface area (Å²) in [5.41, 5.74) is 10.1. The van der Waals surface area contributed by atoms with Gasteiger partial charge in [0.25, 0.3) is 0 Å². The van der Waals surface area contributed by atoms with Crippen LogP contribution in [0.3, 0.4) is 0 Å². The van der Waals surface area contributed by atoms with Crippen molar-refractivity contribution in [2.45, 2.75) is 0 Å². The van der Waals surface area contributed by atoms with Crippen molar-refractivity contribution < 1.29 is 4.74 Å². The fourth-order valence-corrected chi connectivity index (χ4v) is 3.97. The van der Waals surface area contributed by atoms with E-state index in [4.69, 9.17) is 10.5 Å². The highest BCUT2D eigenvalue weighted by Gasteiger charge is 2.11. The lowest BCUT2D eigenvalue weighted by Crippen LogP contribution is -2.39. The molecule has 7 heteroatoms. The molecule has 5 rings (SSSR count). The molecule has 0 amide bonds. The van der Waals surface area contributed by atoms with E-state index in [1.807, 2.05) is 30.5 Å². The third kappa shape index (κ3) is 4.38. The molecule has 3 N–H and O–H groups in total. The second kappa shape index (κ2) is 8.75. The highest BCUT2D eigenvalue weighted by Crippen LogP contribution is 2.28. The van der Waals surface area contributed by atoms with Crippen LogP contribution < -0.4 is 11.1 Å². The monoisotopic (exact) mass is 414 g/mol. The van der Waals surface area contributed by atoms with Crippen LogP contribution in [-0.4, -0.2) is 58.8 Å². The number of benzene rings is 2. The first-order valence-corrected chi connectivity index (χ1v) is 10.6. The predicted molar refractivity (Wildman–Crippen MR) is 124 cm³/mol. The Bertz CT molecular complexity index is 1180. The highest BCUT2D eigenvalue weighted by molar-refractivity contribution is 5.87. The Morgan fingerprint density at radius 3 is 2.71 bits per heavy atom. The lowest BCUT2D eigenvalue weighted by atomic mass is 10.0. The smallest absolute Gasteiger partial charge is 0.142 e. The minimum absolute atomic E-state index is 0.761. The molecule has 0 aliphatic carbocycles. The minimum atomic E-state index is 0.761. The molecule has 0 unspecified atom stereocenters. The molecule has 1 fully saturated rings. The number of nitrogens with two attached hydrogens (primary N) is 1. The van der Waals surface area contributed by atoms with Gasteiger partial charge in [0.15, 0.2) is 0 Å². The van der Waals surface area contributed by atoms with E-state index in [2.05, 4.69) is 55.1 Å². The van der Waals surface area contributed by atoms with Crippen LogP contribution in [0.4, 0.5) is 11.5 Å².